The number of halogens is 1. The van der Waals surface area contributed by atoms with E-state index in [-0.39, 0.29) is 12.1 Å². The molecule has 1 rings (SSSR count). The number of nitrogens with zero attached hydrogens (tertiary/aromatic N) is 1. The maximum Gasteiger partial charge on any atom is 0.0589 e. The Morgan fingerprint density at radius 3 is 2.05 bits per heavy atom. The SMILES string of the molecule is CCC(N)C(c1ccc(Cl)cc1)N(CCOC)CCOC. The van der Waals surface area contributed by atoms with Crippen molar-refractivity contribution in [3.63, 3.8) is 0 Å². The van der Waals surface area contributed by atoms with E-state index >= 15 is 0 Å². The Bertz CT molecular complexity index is 378. The maximum absolute atomic E-state index is 6.38. The van der Waals surface area contributed by atoms with Gasteiger partial charge < -0.3 is 15.2 Å². The summed E-state index contributed by atoms with van der Waals surface area (Å²) in [4.78, 5) is 2.32. The molecule has 0 aliphatic heterocycles. The van der Waals surface area contributed by atoms with Crippen LogP contribution in [0, 0.1) is 0 Å². The van der Waals surface area contributed by atoms with E-state index in [1.807, 2.05) is 12.1 Å². The molecule has 0 aliphatic carbocycles. The van der Waals surface area contributed by atoms with Crippen LogP contribution in [-0.4, -0.2) is 51.5 Å². The molecule has 0 bridgehead atoms. The normalized spacial score (nSPS) is 14.4. The Balaban J connectivity index is 2.97. The first-order chi connectivity index (χ1) is 10.1. The van der Waals surface area contributed by atoms with Crippen molar-refractivity contribution in [3.8, 4) is 0 Å². The van der Waals surface area contributed by atoms with Crippen molar-refractivity contribution < 1.29 is 9.47 Å². The van der Waals surface area contributed by atoms with Crippen molar-refractivity contribution in [2.45, 2.75) is 25.4 Å². The van der Waals surface area contributed by atoms with Crippen LogP contribution in [0.15, 0.2) is 24.3 Å². The lowest BCUT2D eigenvalue weighted by atomic mass is 9.96. The fourth-order valence-corrected chi connectivity index (χ4v) is 2.55. The van der Waals surface area contributed by atoms with Crippen molar-refractivity contribution >= 4 is 11.6 Å². The number of hydrogen-bond acceptors (Lipinski definition) is 4. The molecule has 2 atom stereocenters. The summed E-state index contributed by atoms with van der Waals surface area (Å²) in [5, 5.41) is 0.739. The minimum Gasteiger partial charge on any atom is -0.383 e. The largest absolute Gasteiger partial charge is 0.383 e. The fourth-order valence-electron chi connectivity index (χ4n) is 2.42. The second-order valence-corrected chi connectivity index (χ2v) is 5.53. The molecule has 0 aromatic heterocycles. The van der Waals surface area contributed by atoms with E-state index < -0.39 is 0 Å². The van der Waals surface area contributed by atoms with Gasteiger partial charge in [0.15, 0.2) is 0 Å². The van der Waals surface area contributed by atoms with Crippen LogP contribution in [0.2, 0.25) is 5.02 Å². The molecule has 0 heterocycles. The van der Waals surface area contributed by atoms with Gasteiger partial charge in [-0.2, -0.15) is 0 Å². The number of rotatable bonds is 10. The first-order valence-electron chi connectivity index (χ1n) is 7.37. The van der Waals surface area contributed by atoms with Gasteiger partial charge >= 0.3 is 0 Å². The van der Waals surface area contributed by atoms with Crippen molar-refractivity contribution in [1.29, 1.82) is 0 Å². The zero-order valence-corrected chi connectivity index (χ0v) is 14.0. The van der Waals surface area contributed by atoms with E-state index in [0.717, 1.165) is 24.5 Å². The van der Waals surface area contributed by atoms with Gasteiger partial charge in [0.25, 0.3) is 0 Å². The Morgan fingerprint density at radius 2 is 1.62 bits per heavy atom. The summed E-state index contributed by atoms with van der Waals surface area (Å²) in [6.45, 7) is 5.09. The van der Waals surface area contributed by atoms with E-state index in [4.69, 9.17) is 26.8 Å². The lowest BCUT2D eigenvalue weighted by Crippen LogP contribution is -2.43. The first-order valence-corrected chi connectivity index (χ1v) is 7.74. The van der Waals surface area contributed by atoms with Crippen LogP contribution in [0.5, 0.6) is 0 Å². The van der Waals surface area contributed by atoms with Gasteiger partial charge in [-0.25, -0.2) is 0 Å². The number of ether oxygens (including phenoxy) is 2. The van der Waals surface area contributed by atoms with E-state index in [1.54, 1.807) is 14.2 Å². The summed E-state index contributed by atoms with van der Waals surface area (Å²) >= 11 is 5.99. The van der Waals surface area contributed by atoms with Crippen LogP contribution in [0.1, 0.15) is 24.9 Å². The third kappa shape index (κ3) is 5.93. The molecular weight excluding hydrogens is 288 g/mol. The van der Waals surface area contributed by atoms with Crippen LogP contribution in [0.3, 0.4) is 0 Å². The lowest BCUT2D eigenvalue weighted by Gasteiger charge is -2.35. The highest BCUT2D eigenvalue weighted by molar-refractivity contribution is 6.30. The summed E-state index contributed by atoms with van der Waals surface area (Å²) in [6, 6.07) is 8.12. The molecule has 2 N–H and O–H groups in total. The number of hydrogen-bond donors (Lipinski definition) is 1. The van der Waals surface area contributed by atoms with Gasteiger partial charge in [-0.05, 0) is 24.1 Å². The molecule has 0 saturated carbocycles. The Morgan fingerprint density at radius 1 is 1.10 bits per heavy atom. The Labute approximate surface area is 133 Å². The Hall–Kier alpha value is -0.650. The van der Waals surface area contributed by atoms with Gasteiger partial charge in [0.2, 0.25) is 0 Å². The number of methoxy groups -OCH3 is 2. The highest BCUT2D eigenvalue weighted by Crippen LogP contribution is 2.26. The van der Waals surface area contributed by atoms with Gasteiger partial charge in [-0.15, -0.1) is 0 Å². The van der Waals surface area contributed by atoms with Gasteiger partial charge in [-0.1, -0.05) is 30.7 Å². The molecule has 0 amide bonds. The molecule has 1 aromatic carbocycles. The molecule has 4 nitrogen and oxygen atoms in total. The van der Waals surface area contributed by atoms with E-state index in [9.17, 15) is 0 Å². The minimum atomic E-state index is 0.0555. The second kappa shape index (κ2) is 10.1. The average molecular weight is 315 g/mol. The topological polar surface area (TPSA) is 47.7 Å². The van der Waals surface area contributed by atoms with Gasteiger partial charge in [-0.3, -0.25) is 4.90 Å². The van der Waals surface area contributed by atoms with Crippen LogP contribution in [0.25, 0.3) is 0 Å². The minimum absolute atomic E-state index is 0.0555. The Kier molecular flexibility index (Phi) is 8.88. The number of nitrogens with two attached hydrogens (primary N) is 1. The van der Waals surface area contributed by atoms with Crippen LogP contribution < -0.4 is 5.73 Å². The summed E-state index contributed by atoms with van der Waals surface area (Å²) < 4.78 is 10.5. The van der Waals surface area contributed by atoms with Crippen LogP contribution in [0.4, 0.5) is 0 Å². The van der Waals surface area contributed by atoms with E-state index in [1.165, 1.54) is 5.56 Å². The summed E-state index contributed by atoms with van der Waals surface area (Å²) in [6.07, 6.45) is 0.907. The maximum atomic E-state index is 6.38. The zero-order chi connectivity index (χ0) is 15.7. The van der Waals surface area contributed by atoms with Gasteiger partial charge in [0.05, 0.1) is 19.3 Å². The third-order valence-corrected chi connectivity index (χ3v) is 3.90. The van der Waals surface area contributed by atoms with E-state index in [2.05, 4.69) is 24.0 Å². The summed E-state index contributed by atoms with van der Waals surface area (Å²) in [5.74, 6) is 0. The highest BCUT2D eigenvalue weighted by Gasteiger charge is 2.25. The molecule has 120 valence electrons. The molecule has 1 aromatic rings. The molecule has 5 heteroatoms. The monoisotopic (exact) mass is 314 g/mol. The quantitative estimate of drug-likeness (QED) is 0.721. The smallest absolute Gasteiger partial charge is 0.0589 e. The summed E-state index contributed by atoms with van der Waals surface area (Å²) in [7, 11) is 3.43. The molecule has 0 radical (unpaired) electrons. The van der Waals surface area contributed by atoms with Crippen molar-refractivity contribution in [3.05, 3.63) is 34.9 Å². The predicted molar refractivity (Wildman–Crippen MR) is 87.8 cm³/mol. The molecular formula is C16H27ClN2O2. The molecule has 0 saturated heterocycles. The fraction of sp³-hybridized carbons (Fsp3) is 0.625. The molecule has 2 unspecified atom stereocenters. The van der Waals surface area contributed by atoms with Crippen molar-refractivity contribution in [2.24, 2.45) is 5.73 Å². The van der Waals surface area contributed by atoms with Crippen molar-refractivity contribution in [2.75, 3.05) is 40.5 Å². The third-order valence-electron chi connectivity index (χ3n) is 3.65. The molecule has 21 heavy (non-hydrogen) atoms. The van der Waals surface area contributed by atoms with Crippen LogP contribution >= 0.6 is 11.6 Å². The lowest BCUT2D eigenvalue weighted by molar-refractivity contribution is 0.0775. The molecule has 0 spiro atoms. The second-order valence-electron chi connectivity index (χ2n) is 5.09. The average Bonchev–Trinajstić information content (AvgIpc) is 2.51. The van der Waals surface area contributed by atoms with Crippen molar-refractivity contribution in [1.82, 2.24) is 4.90 Å². The summed E-state index contributed by atoms with van der Waals surface area (Å²) in [5.41, 5.74) is 7.56. The zero-order valence-electron chi connectivity index (χ0n) is 13.2. The predicted octanol–water partition coefficient (Wildman–Crippen LogP) is 2.71. The van der Waals surface area contributed by atoms with Crippen LogP contribution in [-0.2, 0) is 9.47 Å². The highest BCUT2D eigenvalue weighted by atomic mass is 35.5. The van der Waals surface area contributed by atoms with Gasteiger partial charge in [0, 0.05) is 38.4 Å². The molecule has 0 fully saturated rings. The van der Waals surface area contributed by atoms with Gasteiger partial charge in [0.1, 0.15) is 0 Å². The molecule has 0 aliphatic rings. The standard InChI is InChI=1S/C16H27ClN2O2/c1-4-15(18)16(13-5-7-14(17)8-6-13)19(9-11-20-2)10-12-21-3/h5-8,15-16H,4,9-12,18H2,1-3H3. The van der Waals surface area contributed by atoms with E-state index in [0.29, 0.717) is 13.2 Å². The first kappa shape index (κ1) is 18.4. The number of benzene rings is 1.